The number of carbonyl (C=O) groups excluding carboxylic acids is 1. The van der Waals surface area contributed by atoms with Gasteiger partial charge in [-0.1, -0.05) is 6.07 Å². The molecule has 0 saturated heterocycles. The summed E-state index contributed by atoms with van der Waals surface area (Å²) in [7, 11) is 1.62. The molecule has 0 spiro atoms. The highest BCUT2D eigenvalue weighted by atomic mass is 16.5. The summed E-state index contributed by atoms with van der Waals surface area (Å²) in [6, 6.07) is 9.25. The maximum atomic E-state index is 12.7. The lowest BCUT2D eigenvalue weighted by Crippen LogP contribution is -2.30. The maximum absolute atomic E-state index is 12.7. The maximum Gasteiger partial charge on any atom is 0.253 e. The van der Waals surface area contributed by atoms with Gasteiger partial charge >= 0.3 is 0 Å². The van der Waals surface area contributed by atoms with Gasteiger partial charge in [0.15, 0.2) is 5.65 Å². The minimum absolute atomic E-state index is 0.0283. The number of ether oxygens (including phenoxy) is 2. The van der Waals surface area contributed by atoms with E-state index in [0.29, 0.717) is 49.3 Å². The van der Waals surface area contributed by atoms with Gasteiger partial charge in [-0.2, -0.15) is 4.98 Å². The standard InChI is InChI=1S/C21H27N5O3/c1-5-25(6-2)20(27)16-8-9-17(18(13-16)29-12-11-28-4)22-21-23-19-10-7-15(3)14-26(19)24-21/h7-10,13-14H,5-6,11-12H2,1-4H3,(H,22,24). The van der Waals surface area contributed by atoms with Gasteiger partial charge in [0.1, 0.15) is 12.4 Å². The van der Waals surface area contributed by atoms with E-state index in [2.05, 4.69) is 15.4 Å². The molecule has 0 saturated carbocycles. The van der Waals surface area contributed by atoms with Crippen LogP contribution in [0.25, 0.3) is 5.65 Å². The first-order valence-electron chi connectivity index (χ1n) is 9.70. The molecule has 8 heteroatoms. The molecule has 29 heavy (non-hydrogen) atoms. The van der Waals surface area contributed by atoms with Crippen LogP contribution in [0, 0.1) is 6.92 Å². The van der Waals surface area contributed by atoms with E-state index < -0.39 is 0 Å². The molecule has 3 aromatic rings. The third-order valence-electron chi connectivity index (χ3n) is 4.55. The molecule has 2 aromatic heterocycles. The van der Waals surface area contributed by atoms with Crippen molar-refractivity contribution in [2.75, 3.05) is 38.7 Å². The van der Waals surface area contributed by atoms with Crippen LogP contribution >= 0.6 is 0 Å². The second-order valence-corrected chi connectivity index (χ2v) is 6.60. The minimum Gasteiger partial charge on any atom is -0.489 e. The number of rotatable bonds is 9. The van der Waals surface area contributed by atoms with Gasteiger partial charge in [-0.3, -0.25) is 4.79 Å². The molecule has 0 radical (unpaired) electrons. The zero-order valence-corrected chi connectivity index (χ0v) is 17.3. The van der Waals surface area contributed by atoms with Crippen molar-refractivity contribution in [2.24, 2.45) is 0 Å². The molecular formula is C21H27N5O3. The number of nitrogens with zero attached hydrogens (tertiary/aromatic N) is 4. The summed E-state index contributed by atoms with van der Waals surface area (Å²) in [6.45, 7) is 8.04. The second-order valence-electron chi connectivity index (χ2n) is 6.60. The van der Waals surface area contributed by atoms with E-state index in [4.69, 9.17) is 9.47 Å². The number of aromatic nitrogens is 3. The largest absolute Gasteiger partial charge is 0.489 e. The molecule has 2 heterocycles. The van der Waals surface area contributed by atoms with Crippen LogP contribution in [-0.4, -0.2) is 58.8 Å². The number of aryl methyl sites for hydroxylation is 1. The zero-order chi connectivity index (χ0) is 20.8. The Labute approximate surface area is 170 Å². The van der Waals surface area contributed by atoms with Gasteiger partial charge in [-0.05, 0) is 50.6 Å². The van der Waals surface area contributed by atoms with Crippen LogP contribution in [0.5, 0.6) is 5.75 Å². The van der Waals surface area contributed by atoms with Gasteiger partial charge < -0.3 is 19.7 Å². The zero-order valence-electron chi connectivity index (χ0n) is 17.3. The van der Waals surface area contributed by atoms with Crippen LogP contribution in [0.3, 0.4) is 0 Å². The Hall–Kier alpha value is -3.13. The van der Waals surface area contributed by atoms with Crippen molar-refractivity contribution in [1.29, 1.82) is 0 Å². The van der Waals surface area contributed by atoms with Gasteiger partial charge in [-0.15, -0.1) is 5.10 Å². The lowest BCUT2D eigenvalue weighted by Gasteiger charge is -2.20. The van der Waals surface area contributed by atoms with Crippen LogP contribution < -0.4 is 10.1 Å². The predicted molar refractivity (Wildman–Crippen MR) is 112 cm³/mol. The number of benzene rings is 1. The molecule has 1 aromatic carbocycles. The molecule has 0 atom stereocenters. The average molecular weight is 397 g/mol. The minimum atomic E-state index is -0.0283. The number of nitrogens with one attached hydrogen (secondary N) is 1. The average Bonchev–Trinajstić information content (AvgIpc) is 3.11. The summed E-state index contributed by atoms with van der Waals surface area (Å²) < 4.78 is 12.7. The van der Waals surface area contributed by atoms with Gasteiger partial charge in [-0.25, -0.2) is 4.52 Å². The fourth-order valence-electron chi connectivity index (χ4n) is 2.97. The Bertz CT molecular complexity index is 982. The Morgan fingerprint density at radius 3 is 2.69 bits per heavy atom. The molecule has 0 fully saturated rings. The van der Waals surface area contributed by atoms with Crippen molar-refractivity contribution >= 4 is 23.2 Å². The third-order valence-corrected chi connectivity index (χ3v) is 4.55. The Morgan fingerprint density at radius 2 is 1.97 bits per heavy atom. The molecule has 154 valence electrons. The van der Waals surface area contributed by atoms with E-state index in [-0.39, 0.29) is 5.91 Å². The van der Waals surface area contributed by atoms with Crippen LogP contribution in [0.2, 0.25) is 0 Å². The predicted octanol–water partition coefficient (Wildman–Crippen LogP) is 3.29. The van der Waals surface area contributed by atoms with E-state index in [0.717, 1.165) is 11.2 Å². The van der Waals surface area contributed by atoms with Gasteiger partial charge in [0.25, 0.3) is 5.91 Å². The molecule has 1 amide bonds. The van der Waals surface area contributed by atoms with Crippen molar-refractivity contribution in [2.45, 2.75) is 20.8 Å². The van der Waals surface area contributed by atoms with Crippen LogP contribution in [-0.2, 0) is 4.74 Å². The summed E-state index contributed by atoms with van der Waals surface area (Å²) in [6.07, 6.45) is 1.91. The number of amides is 1. The molecule has 3 rings (SSSR count). The molecule has 0 aliphatic rings. The molecular weight excluding hydrogens is 370 g/mol. The van der Waals surface area contributed by atoms with Crippen LogP contribution in [0.1, 0.15) is 29.8 Å². The van der Waals surface area contributed by atoms with Crippen molar-refractivity contribution in [1.82, 2.24) is 19.5 Å². The topological polar surface area (TPSA) is 81.0 Å². The molecule has 0 bridgehead atoms. The highest BCUT2D eigenvalue weighted by Gasteiger charge is 2.16. The van der Waals surface area contributed by atoms with Crippen LogP contribution in [0.4, 0.5) is 11.6 Å². The summed E-state index contributed by atoms with van der Waals surface area (Å²) >= 11 is 0. The Morgan fingerprint density at radius 1 is 1.17 bits per heavy atom. The Kier molecular flexibility index (Phi) is 6.66. The number of methoxy groups -OCH3 is 1. The summed E-state index contributed by atoms with van der Waals surface area (Å²) in [4.78, 5) is 19.0. The summed E-state index contributed by atoms with van der Waals surface area (Å²) in [5.41, 5.74) is 3.10. The number of fused-ring (bicyclic) bond motifs is 1. The number of carbonyl (C=O) groups is 1. The van der Waals surface area contributed by atoms with Crippen molar-refractivity contribution in [3.8, 4) is 5.75 Å². The van der Waals surface area contributed by atoms with Crippen molar-refractivity contribution < 1.29 is 14.3 Å². The SMILES string of the molecule is CCN(CC)C(=O)c1ccc(Nc2nc3ccc(C)cn3n2)c(OCCOC)c1. The number of hydrogen-bond donors (Lipinski definition) is 1. The quantitative estimate of drug-likeness (QED) is 0.558. The first kappa shape index (κ1) is 20.6. The van der Waals surface area contributed by atoms with E-state index >= 15 is 0 Å². The fourth-order valence-corrected chi connectivity index (χ4v) is 2.97. The van der Waals surface area contributed by atoms with Gasteiger partial charge in [0, 0.05) is 32.0 Å². The van der Waals surface area contributed by atoms with Gasteiger partial charge in [0.05, 0.1) is 12.3 Å². The Balaban J connectivity index is 1.89. The van der Waals surface area contributed by atoms with E-state index in [9.17, 15) is 4.79 Å². The first-order valence-corrected chi connectivity index (χ1v) is 9.70. The van der Waals surface area contributed by atoms with Crippen molar-refractivity contribution in [3.63, 3.8) is 0 Å². The highest BCUT2D eigenvalue weighted by molar-refractivity contribution is 5.95. The third kappa shape index (κ3) is 4.83. The number of hydrogen-bond acceptors (Lipinski definition) is 6. The fraction of sp³-hybridized carbons (Fsp3) is 0.381. The van der Waals surface area contributed by atoms with Crippen molar-refractivity contribution in [3.05, 3.63) is 47.7 Å². The van der Waals surface area contributed by atoms with Crippen LogP contribution in [0.15, 0.2) is 36.5 Å². The number of pyridine rings is 1. The lowest BCUT2D eigenvalue weighted by atomic mass is 10.1. The molecule has 0 aliphatic heterocycles. The van der Waals surface area contributed by atoms with E-state index in [1.54, 1.807) is 28.7 Å². The smallest absolute Gasteiger partial charge is 0.253 e. The first-order chi connectivity index (χ1) is 14.0. The summed E-state index contributed by atoms with van der Waals surface area (Å²) in [5.74, 6) is 0.976. The van der Waals surface area contributed by atoms with Gasteiger partial charge in [0.2, 0.25) is 5.95 Å². The monoisotopic (exact) mass is 397 g/mol. The van der Waals surface area contributed by atoms with E-state index in [1.807, 2.05) is 45.2 Å². The number of anilines is 2. The molecule has 8 nitrogen and oxygen atoms in total. The summed E-state index contributed by atoms with van der Waals surface area (Å²) in [5, 5.41) is 7.66. The lowest BCUT2D eigenvalue weighted by molar-refractivity contribution is 0.0772. The molecule has 0 unspecified atom stereocenters. The highest BCUT2D eigenvalue weighted by Crippen LogP contribution is 2.29. The molecule has 1 N–H and O–H groups in total. The van der Waals surface area contributed by atoms with E-state index in [1.165, 1.54) is 0 Å². The second kappa shape index (κ2) is 9.38. The molecule has 0 aliphatic carbocycles. The normalized spacial score (nSPS) is 10.9.